The Labute approximate surface area is 120 Å². The third-order valence-electron chi connectivity index (χ3n) is 3.37. The van der Waals surface area contributed by atoms with Crippen LogP contribution in [0.25, 0.3) is 0 Å². The van der Waals surface area contributed by atoms with Gasteiger partial charge in [0.15, 0.2) is 0 Å². The maximum Gasteiger partial charge on any atom is 0.211 e. The van der Waals surface area contributed by atoms with Gasteiger partial charge < -0.3 is 14.5 Å². The van der Waals surface area contributed by atoms with Crippen LogP contribution in [0.15, 0.2) is 13.2 Å². The standard InChI is InChI=1S/C13H29NO2Si.C2H4/c1-12(2)8-11(9-13(3,4)14-12)16-10-17(6,7)15-5;1-2/h11,14H,8-10H2,1-7H3;1-2H2. The molecule has 1 rings (SSSR count). The van der Waals surface area contributed by atoms with Gasteiger partial charge in [0.25, 0.3) is 0 Å². The lowest BCUT2D eigenvalue weighted by Gasteiger charge is -2.46. The van der Waals surface area contributed by atoms with E-state index in [0.29, 0.717) is 6.10 Å². The van der Waals surface area contributed by atoms with Crippen molar-refractivity contribution in [2.75, 3.05) is 13.3 Å². The summed E-state index contributed by atoms with van der Waals surface area (Å²) in [6.45, 7) is 19.4. The molecule has 1 saturated heterocycles. The highest BCUT2D eigenvalue weighted by Crippen LogP contribution is 2.30. The molecule has 0 bridgehead atoms. The Bertz CT molecular complexity index is 261. The zero-order valence-electron chi connectivity index (χ0n) is 13.9. The van der Waals surface area contributed by atoms with Crippen LogP contribution in [0, 0.1) is 0 Å². The summed E-state index contributed by atoms with van der Waals surface area (Å²) < 4.78 is 11.6. The number of ether oxygens (including phenoxy) is 1. The first-order chi connectivity index (χ1) is 8.55. The fourth-order valence-corrected chi connectivity index (χ4v) is 3.48. The molecule has 1 N–H and O–H groups in total. The molecular weight excluding hydrogens is 254 g/mol. The van der Waals surface area contributed by atoms with E-state index in [2.05, 4.69) is 59.3 Å². The SMILES string of the molecule is C=C.CO[Si](C)(C)COC1CC(C)(C)NC(C)(C)C1. The van der Waals surface area contributed by atoms with Gasteiger partial charge in [-0.05, 0) is 53.6 Å². The van der Waals surface area contributed by atoms with Gasteiger partial charge in [-0.15, -0.1) is 13.2 Å². The van der Waals surface area contributed by atoms with Crippen LogP contribution >= 0.6 is 0 Å². The van der Waals surface area contributed by atoms with Gasteiger partial charge in [0, 0.05) is 18.2 Å². The zero-order valence-corrected chi connectivity index (χ0v) is 14.9. The minimum atomic E-state index is -1.60. The molecule has 0 aromatic rings. The zero-order chi connectivity index (χ0) is 15.3. The van der Waals surface area contributed by atoms with E-state index < -0.39 is 8.32 Å². The monoisotopic (exact) mass is 287 g/mol. The van der Waals surface area contributed by atoms with Gasteiger partial charge in [0.2, 0.25) is 8.32 Å². The van der Waals surface area contributed by atoms with Gasteiger partial charge in [0.1, 0.15) is 0 Å². The van der Waals surface area contributed by atoms with E-state index in [4.69, 9.17) is 9.16 Å². The first-order valence-electron chi connectivity index (χ1n) is 7.01. The number of rotatable bonds is 4. The number of hydrogen-bond donors (Lipinski definition) is 1. The summed E-state index contributed by atoms with van der Waals surface area (Å²) in [5, 5.41) is 3.67. The molecule has 19 heavy (non-hydrogen) atoms. The summed E-state index contributed by atoms with van der Waals surface area (Å²) in [5.41, 5.74) is 0.316. The molecule has 0 saturated carbocycles. The molecule has 0 spiro atoms. The highest BCUT2D eigenvalue weighted by atomic mass is 28.4. The second kappa shape index (κ2) is 7.02. The molecule has 1 aliphatic heterocycles. The molecule has 0 unspecified atom stereocenters. The van der Waals surface area contributed by atoms with Crippen molar-refractivity contribution >= 4 is 8.32 Å². The lowest BCUT2D eigenvalue weighted by molar-refractivity contribution is -0.00842. The predicted octanol–water partition coefficient (Wildman–Crippen LogP) is 3.51. The van der Waals surface area contributed by atoms with Crippen molar-refractivity contribution in [2.45, 2.75) is 70.8 Å². The normalized spacial score (nSPS) is 22.5. The minimum Gasteiger partial charge on any atom is -0.418 e. The maximum absolute atomic E-state index is 6.11. The molecule has 114 valence electrons. The Morgan fingerprint density at radius 1 is 1.11 bits per heavy atom. The second-order valence-electron chi connectivity index (χ2n) is 7.20. The van der Waals surface area contributed by atoms with Crippen LogP contribution in [0.4, 0.5) is 0 Å². The molecule has 1 aliphatic rings. The van der Waals surface area contributed by atoms with Crippen LogP contribution in [0.1, 0.15) is 40.5 Å². The molecule has 0 aliphatic carbocycles. The summed E-state index contributed by atoms with van der Waals surface area (Å²) in [7, 11) is 0.201. The lowest BCUT2D eigenvalue weighted by atomic mass is 9.81. The molecule has 1 fully saturated rings. The first kappa shape index (κ1) is 18.8. The lowest BCUT2D eigenvalue weighted by Crippen LogP contribution is -2.60. The number of hydrogen-bond acceptors (Lipinski definition) is 3. The van der Waals surface area contributed by atoms with Crippen molar-refractivity contribution in [1.29, 1.82) is 0 Å². The molecule has 0 amide bonds. The molecule has 1 heterocycles. The van der Waals surface area contributed by atoms with Crippen molar-refractivity contribution in [3.05, 3.63) is 13.2 Å². The van der Waals surface area contributed by atoms with Crippen LogP contribution in [-0.4, -0.2) is 38.8 Å². The van der Waals surface area contributed by atoms with Crippen LogP contribution in [0.3, 0.4) is 0 Å². The minimum absolute atomic E-state index is 0.158. The Hall–Kier alpha value is -0.163. The first-order valence-corrected chi connectivity index (χ1v) is 10.1. The van der Waals surface area contributed by atoms with Crippen molar-refractivity contribution in [2.24, 2.45) is 0 Å². The fourth-order valence-electron chi connectivity index (χ4n) is 2.72. The van der Waals surface area contributed by atoms with Crippen molar-refractivity contribution in [3.8, 4) is 0 Å². The Balaban J connectivity index is 0.00000154. The molecule has 0 aromatic carbocycles. The van der Waals surface area contributed by atoms with Gasteiger partial charge in [0.05, 0.1) is 12.3 Å². The molecule has 0 atom stereocenters. The van der Waals surface area contributed by atoms with Crippen LogP contribution < -0.4 is 5.32 Å². The van der Waals surface area contributed by atoms with Gasteiger partial charge in [-0.25, -0.2) is 0 Å². The van der Waals surface area contributed by atoms with Crippen molar-refractivity contribution < 1.29 is 9.16 Å². The van der Waals surface area contributed by atoms with Gasteiger partial charge >= 0.3 is 0 Å². The molecule has 4 heteroatoms. The third-order valence-corrected chi connectivity index (χ3v) is 5.34. The highest BCUT2D eigenvalue weighted by molar-refractivity contribution is 6.71. The number of piperidine rings is 1. The summed E-state index contributed by atoms with van der Waals surface area (Å²) in [6.07, 6.45) is 3.29. The predicted molar refractivity (Wildman–Crippen MR) is 86.0 cm³/mol. The van der Waals surface area contributed by atoms with Gasteiger partial charge in [-0.2, -0.15) is 0 Å². The van der Waals surface area contributed by atoms with E-state index in [9.17, 15) is 0 Å². The number of nitrogens with one attached hydrogen (secondary N) is 1. The smallest absolute Gasteiger partial charge is 0.211 e. The summed E-state index contributed by atoms with van der Waals surface area (Å²) in [5.74, 6) is 0. The van der Waals surface area contributed by atoms with E-state index in [1.807, 2.05) is 0 Å². The van der Waals surface area contributed by atoms with E-state index in [1.165, 1.54) is 0 Å². The Morgan fingerprint density at radius 3 is 1.89 bits per heavy atom. The van der Waals surface area contributed by atoms with Gasteiger partial charge in [-0.1, -0.05) is 0 Å². The van der Waals surface area contributed by atoms with E-state index in [-0.39, 0.29) is 11.1 Å². The maximum atomic E-state index is 6.11. The summed E-state index contributed by atoms with van der Waals surface area (Å²) in [6, 6.07) is 0. The van der Waals surface area contributed by atoms with E-state index in [0.717, 1.165) is 19.1 Å². The van der Waals surface area contributed by atoms with Crippen LogP contribution in [-0.2, 0) is 9.16 Å². The Morgan fingerprint density at radius 2 is 1.53 bits per heavy atom. The van der Waals surface area contributed by atoms with Crippen molar-refractivity contribution in [1.82, 2.24) is 5.32 Å². The van der Waals surface area contributed by atoms with Gasteiger partial charge in [-0.3, -0.25) is 0 Å². The third kappa shape index (κ3) is 7.25. The van der Waals surface area contributed by atoms with E-state index in [1.54, 1.807) is 7.11 Å². The fraction of sp³-hybridized carbons (Fsp3) is 0.867. The average molecular weight is 288 g/mol. The van der Waals surface area contributed by atoms with Crippen molar-refractivity contribution in [3.63, 3.8) is 0 Å². The average Bonchev–Trinajstić information content (AvgIpc) is 2.25. The molecule has 0 aromatic heterocycles. The summed E-state index contributed by atoms with van der Waals surface area (Å²) >= 11 is 0. The quantitative estimate of drug-likeness (QED) is 0.634. The topological polar surface area (TPSA) is 30.5 Å². The highest BCUT2D eigenvalue weighted by Gasteiger charge is 2.38. The second-order valence-corrected chi connectivity index (χ2v) is 11.4. The summed E-state index contributed by atoms with van der Waals surface area (Å²) in [4.78, 5) is 0. The van der Waals surface area contributed by atoms with E-state index >= 15 is 0 Å². The van der Waals surface area contributed by atoms with Crippen LogP contribution in [0.5, 0.6) is 0 Å². The largest absolute Gasteiger partial charge is 0.418 e. The van der Waals surface area contributed by atoms with Crippen LogP contribution in [0.2, 0.25) is 13.1 Å². The molecule has 3 nitrogen and oxygen atoms in total. The molecule has 0 radical (unpaired) electrons. The Kier molecular flexibility index (Phi) is 6.96. The molecular formula is C15H33NO2Si.